The van der Waals surface area contributed by atoms with Crippen molar-refractivity contribution in [2.24, 2.45) is 0 Å². The average molecular weight is 260 g/mol. The first-order chi connectivity index (χ1) is 7.27. The minimum Gasteiger partial charge on any atom is -0.357 e. The van der Waals surface area contributed by atoms with Gasteiger partial charge in [0.15, 0.2) is 0 Å². The molecule has 5 heteroatoms. The molecule has 0 aromatic carbocycles. The molecule has 0 aliphatic carbocycles. The molecule has 2 fully saturated rings. The zero-order chi connectivity index (χ0) is 10.7. The Kier molecular flexibility index (Phi) is 4.22. The Morgan fingerprint density at radius 1 is 0.733 bits per heavy atom. The van der Waals surface area contributed by atoms with E-state index in [2.05, 4.69) is 9.80 Å². The van der Waals surface area contributed by atoms with Gasteiger partial charge in [-0.3, -0.25) is 0 Å². The van der Waals surface area contributed by atoms with Gasteiger partial charge in [-0.2, -0.15) is 0 Å². The lowest BCUT2D eigenvalue weighted by atomic mass is 10.4. The minimum atomic E-state index is 0.976. The van der Waals surface area contributed by atoms with Crippen molar-refractivity contribution in [2.45, 2.75) is 25.7 Å². The molecule has 2 aliphatic rings. The molecule has 0 aromatic heterocycles. The van der Waals surface area contributed by atoms with Gasteiger partial charge in [-0.1, -0.05) is 24.4 Å². The summed E-state index contributed by atoms with van der Waals surface area (Å²) in [6.45, 7) is 4.48. The van der Waals surface area contributed by atoms with Crippen molar-refractivity contribution in [1.82, 2.24) is 9.80 Å². The van der Waals surface area contributed by atoms with E-state index in [-0.39, 0.29) is 0 Å². The zero-order valence-electron chi connectivity index (χ0n) is 8.78. The van der Waals surface area contributed by atoms with Crippen LogP contribution in [0.5, 0.6) is 0 Å². The number of thioether (sulfide) groups is 1. The van der Waals surface area contributed by atoms with Crippen LogP contribution in [0.4, 0.5) is 0 Å². The molecule has 2 rings (SSSR count). The van der Waals surface area contributed by atoms with E-state index in [1.807, 2.05) is 0 Å². The quantitative estimate of drug-likeness (QED) is 0.616. The SMILES string of the molecule is S=C(SC(=S)N1CCCC1)N1CCCC1. The number of likely N-dealkylation sites (tertiary alicyclic amines) is 2. The third kappa shape index (κ3) is 3.04. The van der Waals surface area contributed by atoms with Gasteiger partial charge >= 0.3 is 0 Å². The van der Waals surface area contributed by atoms with Gasteiger partial charge in [0, 0.05) is 26.2 Å². The Morgan fingerprint density at radius 3 is 1.40 bits per heavy atom. The van der Waals surface area contributed by atoms with Crippen molar-refractivity contribution >= 4 is 44.8 Å². The van der Waals surface area contributed by atoms with Crippen molar-refractivity contribution in [3.05, 3.63) is 0 Å². The van der Waals surface area contributed by atoms with Crippen LogP contribution in [-0.4, -0.2) is 44.6 Å². The first kappa shape index (κ1) is 11.6. The van der Waals surface area contributed by atoms with Gasteiger partial charge in [0.25, 0.3) is 0 Å². The Morgan fingerprint density at radius 2 is 1.07 bits per heavy atom. The molecule has 2 heterocycles. The molecule has 0 bridgehead atoms. The van der Waals surface area contributed by atoms with E-state index in [4.69, 9.17) is 24.4 Å². The number of hydrogen-bond acceptors (Lipinski definition) is 3. The molecular weight excluding hydrogens is 244 g/mol. The Labute approximate surface area is 106 Å². The van der Waals surface area contributed by atoms with Crippen LogP contribution in [0.3, 0.4) is 0 Å². The molecule has 0 unspecified atom stereocenters. The molecule has 0 spiro atoms. The summed E-state index contributed by atoms with van der Waals surface area (Å²) >= 11 is 12.4. The highest BCUT2D eigenvalue weighted by molar-refractivity contribution is 8.37. The molecular formula is C10H16N2S3. The molecule has 0 atom stereocenters. The number of rotatable bonds is 0. The molecule has 0 radical (unpaired) electrons. The first-order valence-corrected chi connectivity index (χ1v) is 7.16. The molecule has 0 N–H and O–H groups in total. The van der Waals surface area contributed by atoms with Gasteiger partial charge in [0.1, 0.15) is 8.64 Å². The van der Waals surface area contributed by atoms with E-state index in [0.29, 0.717) is 0 Å². The van der Waals surface area contributed by atoms with Crippen molar-refractivity contribution < 1.29 is 0 Å². The summed E-state index contributed by atoms with van der Waals surface area (Å²) in [7, 11) is 0. The summed E-state index contributed by atoms with van der Waals surface area (Å²) in [4.78, 5) is 4.56. The second kappa shape index (κ2) is 5.46. The maximum absolute atomic E-state index is 5.40. The third-order valence-corrected chi connectivity index (χ3v) is 4.79. The van der Waals surface area contributed by atoms with Crippen molar-refractivity contribution in [2.75, 3.05) is 26.2 Å². The second-order valence-electron chi connectivity index (χ2n) is 4.02. The standard InChI is InChI=1S/C10H16N2S3/c13-9(11-5-1-2-6-11)15-10(14)12-7-3-4-8-12/h1-8H2. The van der Waals surface area contributed by atoms with Crippen LogP contribution in [0.15, 0.2) is 0 Å². The summed E-state index contributed by atoms with van der Waals surface area (Å²) in [5.41, 5.74) is 0. The Balaban J connectivity index is 1.79. The summed E-state index contributed by atoms with van der Waals surface area (Å²) in [5.74, 6) is 0. The maximum atomic E-state index is 5.40. The van der Waals surface area contributed by atoms with Crippen molar-refractivity contribution in [3.8, 4) is 0 Å². The third-order valence-electron chi connectivity index (χ3n) is 2.90. The van der Waals surface area contributed by atoms with E-state index in [1.54, 1.807) is 11.8 Å². The van der Waals surface area contributed by atoms with Gasteiger partial charge in [-0.05, 0) is 37.4 Å². The smallest absolute Gasteiger partial charge is 0.143 e. The molecule has 15 heavy (non-hydrogen) atoms. The van der Waals surface area contributed by atoms with Crippen LogP contribution >= 0.6 is 36.2 Å². The highest BCUT2D eigenvalue weighted by Gasteiger charge is 2.20. The van der Waals surface area contributed by atoms with E-state index in [1.165, 1.54) is 25.7 Å². The van der Waals surface area contributed by atoms with Crippen LogP contribution in [0.1, 0.15) is 25.7 Å². The molecule has 2 saturated heterocycles. The second-order valence-corrected chi connectivity index (χ2v) is 6.29. The number of nitrogens with zero attached hydrogens (tertiary/aromatic N) is 2. The summed E-state index contributed by atoms with van der Waals surface area (Å²) in [6.07, 6.45) is 5.10. The number of hydrogen-bond donors (Lipinski definition) is 0. The van der Waals surface area contributed by atoms with Crippen LogP contribution in [-0.2, 0) is 0 Å². The fraction of sp³-hybridized carbons (Fsp3) is 0.800. The molecule has 0 saturated carbocycles. The predicted octanol–water partition coefficient (Wildman–Crippen LogP) is 2.48. The summed E-state index contributed by atoms with van der Waals surface area (Å²) in [6, 6.07) is 0. The lowest BCUT2D eigenvalue weighted by Crippen LogP contribution is -2.29. The van der Waals surface area contributed by atoms with Gasteiger partial charge in [0.05, 0.1) is 0 Å². The van der Waals surface area contributed by atoms with Gasteiger partial charge < -0.3 is 9.80 Å². The normalized spacial score (nSPS) is 21.1. The lowest BCUT2D eigenvalue weighted by Gasteiger charge is -2.22. The van der Waals surface area contributed by atoms with Crippen molar-refractivity contribution in [1.29, 1.82) is 0 Å². The zero-order valence-corrected chi connectivity index (χ0v) is 11.2. The van der Waals surface area contributed by atoms with Crippen LogP contribution in [0.2, 0.25) is 0 Å². The van der Waals surface area contributed by atoms with Crippen LogP contribution in [0.25, 0.3) is 0 Å². The predicted molar refractivity (Wildman–Crippen MR) is 74.4 cm³/mol. The Bertz CT molecular complexity index is 229. The maximum Gasteiger partial charge on any atom is 0.143 e. The topological polar surface area (TPSA) is 6.48 Å². The van der Waals surface area contributed by atoms with E-state index in [0.717, 1.165) is 34.8 Å². The molecule has 84 valence electrons. The highest BCUT2D eigenvalue weighted by atomic mass is 32.2. The van der Waals surface area contributed by atoms with Crippen molar-refractivity contribution in [3.63, 3.8) is 0 Å². The molecule has 2 aliphatic heterocycles. The fourth-order valence-corrected chi connectivity index (χ4v) is 3.77. The number of thiocarbonyl (C=S) groups is 2. The van der Waals surface area contributed by atoms with Crippen LogP contribution < -0.4 is 0 Å². The van der Waals surface area contributed by atoms with E-state index >= 15 is 0 Å². The van der Waals surface area contributed by atoms with E-state index in [9.17, 15) is 0 Å². The monoisotopic (exact) mass is 260 g/mol. The average Bonchev–Trinajstić information content (AvgIpc) is 2.91. The summed E-state index contributed by atoms with van der Waals surface area (Å²) < 4.78 is 1.95. The van der Waals surface area contributed by atoms with Gasteiger partial charge in [0.2, 0.25) is 0 Å². The fourth-order valence-electron chi connectivity index (χ4n) is 2.00. The first-order valence-electron chi connectivity index (χ1n) is 5.53. The molecule has 0 aromatic rings. The van der Waals surface area contributed by atoms with Crippen LogP contribution in [0, 0.1) is 0 Å². The van der Waals surface area contributed by atoms with Gasteiger partial charge in [-0.25, -0.2) is 0 Å². The van der Waals surface area contributed by atoms with E-state index < -0.39 is 0 Å². The lowest BCUT2D eigenvalue weighted by molar-refractivity contribution is 0.535. The largest absolute Gasteiger partial charge is 0.357 e. The van der Waals surface area contributed by atoms with Gasteiger partial charge in [-0.15, -0.1) is 0 Å². The molecule has 2 nitrogen and oxygen atoms in total. The summed E-state index contributed by atoms with van der Waals surface area (Å²) in [5, 5.41) is 0. The highest BCUT2D eigenvalue weighted by Crippen LogP contribution is 2.21. The minimum absolute atomic E-state index is 0.976. The molecule has 0 amide bonds. The Hall–Kier alpha value is 0.130.